The minimum Gasteiger partial charge on any atom is -0.485 e. The number of para-hydroxylation sites is 3. The zero-order valence-corrected chi connectivity index (χ0v) is 18.5. The van der Waals surface area contributed by atoms with Crippen LogP contribution in [0, 0.1) is 5.82 Å². The fourth-order valence-corrected chi connectivity index (χ4v) is 4.48. The van der Waals surface area contributed by atoms with Crippen molar-refractivity contribution in [3.8, 4) is 11.5 Å². The first-order valence-corrected chi connectivity index (χ1v) is 10.7. The lowest BCUT2D eigenvalue weighted by atomic mass is 10.2. The second kappa shape index (κ2) is 9.54. The summed E-state index contributed by atoms with van der Waals surface area (Å²) in [5.41, 5.74) is 0.265. The Labute approximate surface area is 193 Å². The third-order valence-electron chi connectivity index (χ3n) is 5.00. The smallest absolute Gasteiger partial charge is 0.273 e. The van der Waals surface area contributed by atoms with E-state index in [1.807, 2.05) is 22.9 Å². The minimum atomic E-state index is -0.806. The van der Waals surface area contributed by atoms with Crippen LogP contribution in [0.1, 0.15) is 6.42 Å². The molecular formula is C22H20ClFN4O3S. The summed E-state index contributed by atoms with van der Waals surface area (Å²) in [5, 5.41) is 0.443. The Kier molecular flexibility index (Phi) is 6.57. The summed E-state index contributed by atoms with van der Waals surface area (Å²) in [6.07, 6.45) is 5.18. The molecule has 4 aromatic rings. The number of hydrogen-bond acceptors (Lipinski definition) is 6. The fraction of sp³-hybridized carbons (Fsp3) is 0.227. The van der Waals surface area contributed by atoms with Crippen molar-refractivity contribution in [3.05, 3.63) is 67.0 Å². The Morgan fingerprint density at radius 1 is 1.22 bits per heavy atom. The Morgan fingerprint density at radius 2 is 2.06 bits per heavy atom. The van der Waals surface area contributed by atoms with Gasteiger partial charge in [-0.25, -0.2) is 14.4 Å². The van der Waals surface area contributed by atoms with E-state index in [9.17, 15) is 9.18 Å². The maximum atomic E-state index is 14.2. The Bertz CT molecular complexity index is 1220. The number of anilines is 1. The lowest BCUT2D eigenvalue weighted by Crippen LogP contribution is -2.47. The summed E-state index contributed by atoms with van der Waals surface area (Å²) >= 11 is 1.28. The van der Waals surface area contributed by atoms with Crippen molar-refractivity contribution in [2.75, 3.05) is 18.1 Å². The van der Waals surface area contributed by atoms with E-state index in [1.165, 1.54) is 17.4 Å². The zero-order chi connectivity index (χ0) is 21.2. The van der Waals surface area contributed by atoms with Gasteiger partial charge in [0.2, 0.25) is 6.10 Å². The van der Waals surface area contributed by atoms with Gasteiger partial charge < -0.3 is 14.0 Å². The second-order valence-corrected chi connectivity index (χ2v) is 8.10. The molecule has 2 aromatic heterocycles. The number of aryl methyl sites for hydroxylation is 1. The lowest BCUT2D eigenvalue weighted by Gasteiger charge is -2.29. The van der Waals surface area contributed by atoms with Crippen LogP contribution in [-0.4, -0.2) is 39.7 Å². The van der Waals surface area contributed by atoms with E-state index in [1.54, 1.807) is 41.7 Å². The van der Waals surface area contributed by atoms with Crippen LogP contribution in [-0.2, 0) is 11.3 Å². The lowest BCUT2D eigenvalue weighted by molar-refractivity contribution is -0.127. The summed E-state index contributed by atoms with van der Waals surface area (Å²) in [5.74, 6) is 0.470. The van der Waals surface area contributed by atoms with Gasteiger partial charge in [-0.1, -0.05) is 29.5 Å². The number of aromatic nitrogens is 3. The van der Waals surface area contributed by atoms with E-state index >= 15 is 0 Å². The number of carbonyl (C=O) groups excluding carboxylic acids is 1. The molecule has 166 valence electrons. The van der Waals surface area contributed by atoms with E-state index in [4.69, 9.17) is 9.47 Å². The van der Waals surface area contributed by atoms with Crippen LogP contribution in [0.15, 0.2) is 61.2 Å². The van der Waals surface area contributed by atoms with Crippen molar-refractivity contribution in [2.24, 2.45) is 0 Å². The predicted molar refractivity (Wildman–Crippen MR) is 122 cm³/mol. The molecule has 0 bridgehead atoms. The molecule has 1 atom stereocenters. The molecule has 1 aliphatic heterocycles. The SMILES string of the molecule is Cl.O=C(C1COc2ccccc2O1)N(CCCn1ccnc1)c1nc2c(F)cccc2s1. The van der Waals surface area contributed by atoms with Gasteiger partial charge in [0.05, 0.1) is 11.0 Å². The number of fused-ring (bicyclic) bond motifs is 2. The number of nitrogens with zero attached hydrogens (tertiary/aromatic N) is 4. The van der Waals surface area contributed by atoms with Gasteiger partial charge in [0.15, 0.2) is 16.6 Å². The maximum absolute atomic E-state index is 14.2. The van der Waals surface area contributed by atoms with Crippen molar-refractivity contribution in [2.45, 2.75) is 19.1 Å². The number of carbonyl (C=O) groups is 1. The molecule has 1 amide bonds. The summed E-state index contributed by atoms with van der Waals surface area (Å²) < 4.78 is 28.5. The van der Waals surface area contributed by atoms with Gasteiger partial charge in [0, 0.05) is 25.5 Å². The van der Waals surface area contributed by atoms with Crippen LogP contribution in [0.2, 0.25) is 0 Å². The number of rotatable bonds is 6. The molecule has 0 aliphatic carbocycles. The topological polar surface area (TPSA) is 69.5 Å². The summed E-state index contributed by atoms with van der Waals surface area (Å²) in [6, 6.07) is 12.0. The van der Waals surface area contributed by atoms with E-state index < -0.39 is 11.9 Å². The van der Waals surface area contributed by atoms with Crippen LogP contribution >= 0.6 is 23.7 Å². The number of imidazole rings is 1. The molecule has 0 N–H and O–H groups in total. The second-order valence-electron chi connectivity index (χ2n) is 7.09. The molecule has 2 aromatic carbocycles. The number of ether oxygens (including phenoxy) is 2. The summed E-state index contributed by atoms with van der Waals surface area (Å²) in [7, 11) is 0. The predicted octanol–water partition coefficient (Wildman–Crippen LogP) is 4.32. The van der Waals surface area contributed by atoms with Gasteiger partial charge in [-0.15, -0.1) is 12.4 Å². The standard InChI is InChI=1S/C22H19FN4O3S.ClH/c23-15-5-3-8-19-20(15)25-22(31-19)27(11-4-10-26-12-9-24-14-26)21(28)18-13-29-16-6-1-2-7-17(16)30-18;/h1-3,5-9,12,14,18H,4,10-11,13H2;1H. The highest BCUT2D eigenvalue weighted by Gasteiger charge is 2.33. The fourth-order valence-electron chi connectivity index (χ4n) is 3.46. The van der Waals surface area contributed by atoms with Crippen molar-refractivity contribution >= 4 is 45.0 Å². The minimum absolute atomic E-state index is 0. The van der Waals surface area contributed by atoms with E-state index in [0.29, 0.717) is 40.8 Å². The summed E-state index contributed by atoms with van der Waals surface area (Å²) in [4.78, 5) is 23.5. The molecule has 0 saturated heterocycles. The number of benzene rings is 2. The number of halogens is 2. The molecular weight excluding hydrogens is 455 g/mol. The van der Waals surface area contributed by atoms with Gasteiger partial charge in [0.25, 0.3) is 5.91 Å². The largest absolute Gasteiger partial charge is 0.485 e. The van der Waals surface area contributed by atoms with Crippen LogP contribution in [0.5, 0.6) is 11.5 Å². The molecule has 0 fully saturated rings. The number of thiazole rings is 1. The molecule has 1 unspecified atom stereocenters. The van der Waals surface area contributed by atoms with E-state index in [0.717, 1.165) is 0 Å². The van der Waals surface area contributed by atoms with Gasteiger partial charge in [-0.2, -0.15) is 0 Å². The molecule has 1 aliphatic rings. The highest BCUT2D eigenvalue weighted by atomic mass is 35.5. The van der Waals surface area contributed by atoms with E-state index in [-0.39, 0.29) is 30.4 Å². The highest BCUT2D eigenvalue weighted by molar-refractivity contribution is 7.22. The van der Waals surface area contributed by atoms with Crippen molar-refractivity contribution in [1.29, 1.82) is 0 Å². The Hall–Kier alpha value is -3.17. The third kappa shape index (κ3) is 4.39. The molecule has 0 radical (unpaired) electrons. The van der Waals surface area contributed by atoms with Gasteiger partial charge in [-0.05, 0) is 30.7 Å². The monoisotopic (exact) mass is 474 g/mol. The normalized spacial score (nSPS) is 14.7. The maximum Gasteiger partial charge on any atom is 0.273 e. The van der Waals surface area contributed by atoms with E-state index in [2.05, 4.69) is 9.97 Å². The molecule has 10 heteroatoms. The molecule has 32 heavy (non-hydrogen) atoms. The van der Waals surface area contributed by atoms with Crippen molar-refractivity contribution in [3.63, 3.8) is 0 Å². The molecule has 3 heterocycles. The molecule has 7 nitrogen and oxygen atoms in total. The average Bonchev–Trinajstić information content (AvgIpc) is 3.46. The molecule has 0 spiro atoms. The Morgan fingerprint density at radius 3 is 2.84 bits per heavy atom. The first-order valence-electron chi connectivity index (χ1n) is 9.90. The number of amides is 1. The van der Waals surface area contributed by atoms with Gasteiger partial charge in [-0.3, -0.25) is 9.69 Å². The Balaban J connectivity index is 0.00000245. The van der Waals surface area contributed by atoms with Crippen LogP contribution in [0.25, 0.3) is 10.2 Å². The van der Waals surface area contributed by atoms with Gasteiger partial charge >= 0.3 is 0 Å². The number of hydrogen-bond donors (Lipinski definition) is 0. The van der Waals surface area contributed by atoms with Crippen LogP contribution < -0.4 is 14.4 Å². The van der Waals surface area contributed by atoms with Crippen LogP contribution in [0.4, 0.5) is 9.52 Å². The van der Waals surface area contributed by atoms with Gasteiger partial charge in [0.1, 0.15) is 17.9 Å². The third-order valence-corrected chi connectivity index (χ3v) is 6.04. The van der Waals surface area contributed by atoms with Crippen molar-refractivity contribution in [1.82, 2.24) is 14.5 Å². The molecule has 0 saturated carbocycles. The summed E-state index contributed by atoms with van der Waals surface area (Å²) in [6.45, 7) is 1.20. The average molecular weight is 475 g/mol. The van der Waals surface area contributed by atoms with Crippen molar-refractivity contribution < 1.29 is 18.7 Å². The molecule has 5 rings (SSSR count). The highest BCUT2D eigenvalue weighted by Crippen LogP contribution is 2.34. The quantitative estimate of drug-likeness (QED) is 0.416. The first kappa shape index (κ1) is 22.0. The van der Waals surface area contributed by atoms with Crippen LogP contribution in [0.3, 0.4) is 0 Å². The first-order chi connectivity index (χ1) is 15.2. The zero-order valence-electron chi connectivity index (χ0n) is 16.9.